The predicted molar refractivity (Wildman–Crippen MR) is 124 cm³/mol. The molecule has 31 heavy (non-hydrogen) atoms. The van der Waals surface area contributed by atoms with Gasteiger partial charge in [0.2, 0.25) is 0 Å². The van der Waals surface area contributed by atoms with Gasteiger partial charge >= 0.3 is 0 Å². The normalized spacial score (nSPS) is 11.2. The van der Waals surface area contributed by atoms with Gasteiger partial charge in [0.25, 0.3) is 5.91 Å². The van der Waals surface area contributed by atoms with Crippen molar-refractivity contribution in [2.75, 3.05) is 13.1 Å². The van der Waals surface area contributed by atoms with Crippen molar-refractivity contribution in [3.63, 3.8) is 0 Å². The van der Waals surface area contributed by atoms with E-state index in [1.807, 2.05) is 30.3 Å². The first-order valence-corrected chi connectivity index (χ1v) is 9.95. The van der Waals surface area contributed by atoms with Crippen LogP contribution in [0.4, 0.5) is 0 Å². The van der Waals surface area contributed by atoms with Gasteiger partial charge in [0, 0.05) is 41.8 Å². The Kier molecular flexibility index (Phi) is 4.59. The Morgan fingerprint density at radius 2 is 1.39 bits per heavy atom. The first-order valence-electron chi connectivity index (χ1n) is 9.95. The molecule has 0 aliphatic heterocycles. The molecule has 0 unspecified atom stereocenters. The monoisotopic (exact) mass is 405 g/mol. The molecule has 0 spiro atoms. The highest BCUT2D eigenvalue weighted by atomic mass is 16.2. The van der Waals surface area contributed by atoms with E-state index in [9.17, 15) is 4.79 Å². The summed E-state index contributed by atoms with van der Waals surface area (Å²) in [6.45, 7) is 8.35. The van der Waals surface area contributed by atoms with Crippen LogP contribution in [-0.2, 0) is 0 Å². The van der Waals surface area contributed by atoms with Gasteiger partial charge in [0.15, 0.2) is 0 Å². The van der Waals surface area contributed by atoms with Gasteiger partial charge in [0.1, 0.15) is 11.0 Å². The van der Waals surface area contributed by atoms with Gasteiger partial charge in [-0.05, 0) is 30.3 Å². The third-order valence-corrected chi connectivity index (χ3v) is 5.25. The van der Waals surface area contributed by atoms with Crippen molar-refractivity contribution >= 4 is 49.8 Å². The molecule has 3 heterocycles. The lowest BCUT2D eigenvalue weighted by molar-refractivity contribution is 0.0791. The number of pyridine rings is 2. The molecule has 5 rings (SSSR count). The summed E-state index contributed by atoms with van der Waals surface area (Å²) < 4.78 is 0. The van der Waals surface area contributed by atoms with Crippen LogP contribution in [0, 0.1) is 0 Å². The molecule has 0 aliphatic carbocycles. The van der Waals surface area contributed by atoms with E-state index in [1.165, 1.54) is 0 Å². The van der Waals surface area contributed by atoms with Gasteiger partial charge < -0.3 is 4.90 Å². The quantitative estimate of drug-likeness (QED) is 0.241. The third-order valence-electron chi connectivity index (χ3n) is 5.25. The maximum atomic E-state index is 13.0. The fourth-order valence-corrected chi connectivity index (χ4v) is 3.87. The predicted octanol–water partition coefficient (Wildman–Crippen LogP) is 4.69. The number of amides is 1. The standard InChI is InChI=1S/C25H19N5O/c1-3-13-30(14-4-2)25(31)16-9-10-19-20(15-16)29-24-22-18(8-6-12-27-22)17-7-5-11-26-21(17)23(24)28-19/h3-12,15H,1-2,13-14H2. The largest absolute Gasteiger partial charge is 0.331 e. The van der Waals surface area contributed by atoms with Crippen LogP contribution in [-0.4, -0.2) is 43.8 Å². The van der Waals surface area contributed by atoms with Crippen LogP contribution >= 0.6 is 0 Å². The molecule has 150 valence electrons. The Hall–Kier alpha value is -4.19. The molecule has 0 fully saturated rings. The molecule has 3 aromatic heterocycles. The van der Waals surface area contributed by atoms with Crippen LogP contribution in [0.5, 0.6) is 0 Å². The second-order valence-corrected chi connectivity index (χ2v) is 7.21. The summed E-state index contributed by atoms with van der Waals surface area (Å²) in [6.07, 6.45) is 6.90. The zero-order chi connectivity index (χ0) is 21.4. The van der Waals surface area contributed by atoms with Crippen molar-refractivity contribution in [2.24, 2.45) is 0 Å². The topological polar surface area (TPSA) is 71.9 Å². The van der Waals surface area contributed by atoms with Crippen LogP contribution in [0.15, 0.2) is 80.2 Å². The van der Waals surface area contributed by atoms with E-state index >= 15 is 0 Å². The van der Waals surface area contributed by atoms with Crippen molar-refractivity contribution in [1.82, 2.24) is 24.8 Å². The summed E-state index contributed by atoms with van der Waals surface area (Å²) in [5.74, 6) is -0.105. The van der Waals surface area contributed by atoms with E-state index in [2.05, 4.69) is 23.1 Å². The molecule has 1 amide bonds. The Labute approximate surface area is 178 Å². The Morgan fingerprint density at radius 3 is 1.97 bits per heavy atom. The molecule has 0 N–H and O–H groups in total. The fraction of sp³-hybridized carbons (Fsp3) is 0.0800. The zero-order valence-corrected chi connectivity index (χ0v) is 16.8. The summed E-state index contributed by atoms with van der Waals surface area (Å²) in [5, 5.41) is 1.96. The van der Waals surface area contributed by atoms with Crippen molar-refractivity contribution in [3.05, 3.63) is 85.7 Å². The number of carbonyl (C=O) groups is 1. The molecular weight excluding hydrogens is 386 g/mol. The van der Waals surface area contributed by atoms with Crippen molar-refractivity contribution < 1.29 is 4.79 Å². The lowest BCUT2D eigenvalue weighted by Gasteiger charge is -2.19. The summed E-state index contributed by atoms with van der Waals surface area (Å²) >= 11 is 0. The van der Waals surface area contributed by atoms with Crippen LogP contribution < -0.4 is 0 Å². The zero-order valence-electron chi connectivity index (χ0n) is 16.8. The summed E-state index contributed by atoms with van der Waals surface area (Å²) in [5.41, 5.74) is 4.81. The summed E-state index contributed by atoms with van der Waals surface area (Å²) in [4.78, 5) is 33.5. The molecule has 6 nitrogen and oxygen atoms in total. The summed E-state index contributed by atoms with van der Waals surface area (Å²) in [7, 11) is 0. The minimum Gasteiger partial charge on any atom is -0.331 e. The van der Waals surface area contributed by atoms with Crippen LogP contribution in [0.1, 0.15) is 10.4 Å². The highest BCUT2D eigenvalue weighted by Crippen LogP contribution is 2.31. The van der Waals surface area contributed by atoms with E-state index in [0.717, 1.165) is 21.8 Å². The average molecular weight is 405 g/mol. The smallest absolute Gasteiger partial charge is 0.254 e. The van der Waals surface area contributed by atoms with E-state index in [-0.39, 0.29) is 5.91 Å². The van der Waals surface area contributed by atoms with Gasteiger partial charge in [-0.2, -0.15) is 0 Å². The fourth-order valence-electron chi connectivity index (χ4n) is 3.87. The van der Waals surface area contributed by atoms with E-state index in [0.29, 0.717) is 40.7 Å². The number of benzene rings is 2. The lowest BCUT2D eigenvalue weighted by Crippen LogP contribution is -2.31. The third kappa shape index (κ3) is 3.09. The van der Waals surface area contributed by atoms with Crippen molar-refractivity contribution in [2.45, 2.75) is 0 Å². The SMILES string of the molecule is C=CCN(CC=C)C(=O)c1ccc2nc3c4ncccc4c4cccnc4c3nc2c1. The molecule has 6 heteroatoms. The second kappa shape index (κ2) is 7.57. The van der Waals surface area contributed by atoms with Gasteiger partial charge in [0.05, 0.1) is 22.1 Å². The van der Waals surface area contributed by atoms with Crippen LogP contribution in [0.25, 0.3) is 43.9 Å². The van der Waals surface area contributed by atoms with Crippen molar-refractivity contribution in [3.8, 4) is 0 Å². The van der Waals surface area contributed by atoms with Gasteiger partial charge in [-0.15, -0.1) is 13.2 Å². The molecule has 0 saturated carbocycles. The molecule has 0 radical (unpaired) electrons. The highest BCUT2D eigenvalue weighted by Gasteiger charge is 2.17. The molecule has 5 aromatic rings. The minimum atomic E-state index is -0.105. The van der Waals surface area contributed by atoms with Crippen LogP contribution in [0.2, 0.25) is 0 Å². The molecule has 0 atom stereocenters. The number of hydrogen-bond donors (Lipinski definition) is 0. The number of hydrogen-bond acceptors (Lipinski definition) is 5. The Morgan fingerprint density at radius 1 is 0.806 bits per heavy atom. The number of nitrogens with zero attached hydrogens (tertiary/aromatic N) is 5. The molecule has 0 bridgehead atoms. The first kappa shape index (κ1) is 18.8. The molecule has 2 aromatic carbocycles. The number of carbonyl (C=O) groups excluding carboxylic acids is 1. The number of aromatic nitrogens is 4. The van der Waals surface area contributed by atoms with E-state index in [1.54, 1.807) is 41.6 Å². The average Bonchev–Trinajstić information content (AvgIpc) is 2.82. The highest BCUT2D eigenvalue weighted by molar-refractivity contribution is 6.21. The minimum absolute atomic E-state index is 0.105. The number of fused-ring (bicyclic) bond motifs is 7. The summed E-state index contributed by atoms with van der Waals surface area (Å²) in [6, 6.07) is 13.2. The first-order chi connectivity index (χ1) is 15.2. The maximum Gasteiger partial charge on any atom is 0.254 e. The van der Waals surface area contributed by atoms with Crippen molar-refractivity contribution in [1.29, 1.82) is 0 Å². The van der Waals surface area contributed by atoms with Crippen LogP contribution in [0.3, 0.4) is 0 Å². The number of rotatable bonds is 5. The van der Waals surface area contributed by atoms with Gasteiger partial charge in [-0.25, -0.2) is 9.97 Å². The van der Waals surface area contributed by atoms with Gasteiger partial charge in [-0.1, -0.05) is 24.3 Å². The molecular formula is C25H19N5O. The molecule has 0 saturated heterocycles. The molecule has 0 aliphatic rings. The Bertz CT molecular complexity index is 1500. The lowest BCUT2D eigenvalue weighted by atomic mass is 10.1. The maximum absolute atomic E-state index is 13.0. The van der Waals surface area contributed by atoms with E-state index in [4.69, 9.17) is 9.97 Å². The Balaban J connectivity index is 1.77. The van der Waals surface area contributed by atoms with Gasteiger partial charge in [-0.3, -0.25) is 14.8 Å². The van der Waals surface area contributed by atoms with E-state index < -0.39 is 0 Å². The second-order valence-electron chi connectivity index (χ2n) is 7.21.